The second kappa shape index (κ2) is 4.55. The van der Waals surface area contributed by atoms with Crippen molar-refractivity contribution in [2.45, 2.75) is 12.8 Å². The predicted molar refractivity (Wildman–Crippen MR) is 61.9 cm³/mol. The van der Waals surface area contributed by atoms with Crippen LogP contribution in [0.4, 0.5) is 0 Å². The summed E-state index contributed by atoms with van der Waals surface area (Å²) in [6.07, 6.45) is 2.65. The number of carbonyl (C=O) groups is 1. The Balaban J connectivity index is 1.79. The SMILES string of the molecule is O=C(CNCC1CC1)c1sccc1Br. The van der Waals surface area contributed by atoms with E-state index in [4.69, 9.17) is 0 Å². The van der Waals surface area contributed by atoms with Gasteiger partial charge in [-0.25, -0.2) is 0 Å². The molecule has 0 unspecified atom stereocenters. The Labute approximate surface area is 95.8 Å². The smallest absolute Gasteiger partial charge is 0.187 e. The van der Waals surface area contributed by atoms with E-state index in [-0.39, 0.29) is 5.78 Å². The summed E-state index contributed by atoms with van der Waals surface area (Å²) in [5, 5.41) is 5.13. The minimum atomic E-state index is 0.188. The number of hydrogen-bond donors (Lipinski definition) is 1. The van der Waals surface area contributed by atoms with E-state index in [1.807, 2.05) is 11.4 Å². The summed E-state index contributed by atoms with van der Waals surface area (Å²) in [7, 11) is 0. The van der Waals surface area contributed by atoms with Gasteiger partial charge in [0.25, 0.3) is 0 Å². The number of ketones is 1. The van der Waals surface area contributed by atoms with Crippen molar-refractivity contribution in [3.05, 3.63) is 20.8 Å². The first-order valence-electron chi connectivity index (χ1n) is 4.74. The highest BCUT2D eigenvalue weighted by Crippen LogP contribution is 2.27. The molecule has 14 heavy (non-hydrogen) atoms. The van der Waals surface area contributed by atoms with Crippen LogP contribution in [0.15, 0.2) is 15.9 Å². The average molecular weight is 274 g/mol. The Bertz CT molecular complexity index is 333. The first-order valence-corrected chi connectivity index (χ1v) is 6.41. The molecular formula is C10H12BrNOS. The van der Waals surface area contributed by atoms with E-state index < -0.39 is 0 Å². The Hall–Kier alpha value is -0.190. The molecule has 0 atom stereocenters. The minimum Gasteiger partial charge on any atom is -0.309 e. The molecule has 2 rings (SSSR count). The van der Waals surface area contributed by atoms with Crippen molar-refractivity contribution in [2.75, 3.05) is 13.1 Å². The number of halogens is 1. The Morgan fingerprint density at radius 1 is 1.64 bits per heavy atom. The second-order valence-electron chi connectivity index (χ2n) is 3.60. The molecule has 0 bridgehead atoms. The Kier molecular flexibility index (Phi) is 3.36. The molecule has 1 fully saturated rings. The van der Waals surface area contributed by atoms with Gasteiger partial charge in [0, 0.05) is 4.47 Å². The fraction of sp³-hybridized carbons (Fsp3) is 0.500. The summed E-state index contributed by atoms with van der Waals surface area (Å²) >= 11 is 4.86. The van der Waals surface area contributed by atoms with Gasteiger partial charge < -0.3 is 5.32 Å². The zero-order valence-corrected chi connectivity index (χ0v) is 10.2. The lowest BCUT2D eigenvalue weighted by Gasteiger charge is -2.01. The molecular weight excluding hydrogens is 262 g/mol. The molecule has 76 valence electrons. The topological polar surface area (TPSA) is 29.1 Å². The zero-order valence-electron chi connectivity index (χ0n) is 7.75. The van der Waals surface area contributed by atoms with E-state index in [2.05, 4.69) is 21.2 Å². The molecule has 0 radical (unpaired) electrons. The summed E-state index contributed by atoms with van der Waals surface area (Å²) in [5.74, 6) is 1.02. The lowest BCUT2D eigenvalue weighted by atomic mass is 10.3. The predicted octanol–water partition coefficient (Wildman–Crippen LogP) is 2.69. The van der Waals surface area contributed by atoms with Gasteiger partial charge in [-0.3, -0.25) is 4.79 Å². The van der Waals surface area contributed by atoms with Gasteiger partial charge in [0.15, 0.2) is 5.78 Å². The highest BCUT2D eigenvalue weighted by Gasteiger charge is 2.21. The third-order valence-corrected chi connectivity index (χ3v) is 4.16. The van der Waals surface area contributed by atoms with Gasteiger partial charge in [-0.05, 0) is 52.7 Å². The molecule has 1 aliphatic rings. The number of carbonyl (C=O) groups excluding carboxylic acids is 1. The fourth-order valence-electron chi connectivity index (χ4n) is 1.28. The van der Waals surface area contributed by atoms with Gasteiger partial charge in [0.05, 0.1) is 11.4 Å². The van der Waals surface area contributed by atoms with E-state index in [0.29, 0.717) is 6.54 Å². The van der Waals surface area contributed by atoms with Crippen LogP contribution in [0, 0.1) is 5.92 Å². The standard InChI is InChI=1S/C10H12BrNOS/c11-8-3-4-14-10(8)9(13)6-12-5-7-1-2-7/h3-4,7,12H,1-2,5-6H2. The normalized spacial score (nSPS) is 15.8. The van der Waals surface area contributed by atoms with Crippen LogP contribution >= 0.6 is 27.3 Å². The molecule has 1 aliphatic carbocycles. The fourth-order valence-corrected chi connectivity index (χ4v) is 2.82. The highest BCUT2D eigenvalue weighted by molar-refractivity contribution is 9.10. The molecule has 0 aliphatic heterocycles. The summed E-state index contributed by atoms with van der Waals surface area (Å²) in [6.45, 7) is 1.46. The number of rotatable bonds is 5. The molecule has 0 saturated heterocycles. The van der Waals surface area contributed by atoms with Crippen molar-refractivity contribution < 1.29 is 4.79 Å². The quantitative estimate of drug-likeness (QED) is 0.836. The molecule has 1 aromatic heterocycles. The molecule has 1 aromatic rings. The van der Waals surface area contributed by atoms with E-state index in [1.165, 1.54) is 24.2 Å². The van der Waals surface area contributed by atoms with Gasteiger partial charge >= 0.3 is 0 Å². The first-order chi connectivity index (χ1) is 6.77. The molecule has 4 heteroatoms. The molecule has 0 aromatic carbocycles. The van der Waals surface area contributed by atoms with E-state index in [9.17, 15) is 4.79 Å². The molecule has 0 amide bonds. The van der Waals surface area contributed by atoms with Gasteiger partial charge in [-0.2, -0.15) is 0 Å². The van der Waals surface area contributed by atoms with Gasteiger partial charge in [-0.1, -0.05) is 0 Å². The molecule has 2 nitrogen and oxygen atoms in total. The van der Waals surface area contributed by atoms with Crippen molar-refractivity contribution in [1.29, 1.82) is 0 Å². The molecule has 0 spiro atoms. The van der Waals surface area contributed by atoms with Crippen LogP contribution in [0.3, 0.4) is 0 Å². The van der Waals surface area contributed by atoms with Gasteiger partial charge in [-0.15, -0.1) is 11.3 Å². The van der Waals surface area contributed by atoms with Crippen LogP contribution in [-0.2, 0) is 0 Å². The number of nitrogens with one attached hydrogen (secondary N) is 1. The lowest BCUT2D eigenvalue weighted by molar-refractivity contribution is 0.0994. The maximum Gasteiger partial charge on any atom is 0.187 e. The maximum absolute atomic E-state index is 11.6. The number of hydrogen-bond acceptors (Lipinski definition) is 3. The third-order valence-electron chi connectivity index (χ3n) is 2.29. The Morgan fingerprint density at radius 3 is 3.00 bits per heavy atom. The summed E-state index contributed by atoms with van der Waals surface area (Å²) < 4.78 is 0.917. The summed E-state index contributed by atoms with van der Waals surface area (Å²) in [6, 6.07) is 1.92. The monoisotopic (exact) mass is 273 g/mol. The van der Waals surface area contributed by atoms with E-state index in [0.717, 1.165) is 21.8 Å². The van der Waals surface area contributed by atoms with Crippen molar-refractivity contribution in [3.8, 4) is 0 Å². The van der Waals surface area contributed by atoms with E-state index >= 15 is 0 Å². The first kappa shape index (κ1) is 10.3. The molecule has 1 N–H and O–H groups in total. The van der Waals surface area contributed by atoms with Crippen LogP contribution in [0.5, 0.6) is 0 Å². The minimum absolute atomic E-state index is 0.188. The van der Waals surface area contributed by atoms with Crippen molar-refractivity contribution in [1.82, 2.24) is 5.32 Å². The van der Waals surface area contributed by atoms with Crippen molar-refractivity contribution >= 4 is 33.0 Å². The van der Waals surface area contributed by atoms with Crippen LogP contribution < -0.4 is 5.32 Å². The summed E-state index contributed by atoms with van der Waals surface area (Å²) in [5.41, 5.74) is 0. The number of thiophene rings is 1. The highest BCUT2D eigenvalue weighted by atomic mass is 79.9. The van der Waals surface area contributed by atoms with Crippen molar-refractivity contribution in [3.63, 3.8) is 0 Å². The van der Waals surface area contributed by atoms with Crippen LogP contribution in [0.25, 0.3) is 0 Å². The Morgan fingerprint density at radius 2 is 2.43 bits per heavy atom. The summed E-state index contributed by atoms with van der Waals surface area (Å²) in [4.78, 5) is 12.5. The van der Waals surface area contributed by atoms with E-state index in [1.54, 1.807) is 0 Å². The van der Waals surface area contributed by atoms with Crippen LogP contribution in [-0.4, -0.2) is 18.9 Å². The zero-order chi connectivity index (χ0) is 9.97. The second-order valence-corrected chi connectivity index (χ2v) is 5.37. The van der Waals surface area contributed by atoms with Gasteiger partial charge in [0.2, 0.25) is 0 Å². The average Bonchev–Trinajstić information content (AvgIpc) is 2.87. The van der Waals surface area contributed by atoms with Crippen LogP contribution in [0.2, 0.25) is 0 Å². The third kappa shape index (κ3) is 2.65. The van der Waals surface area contributed by atoms with Crippen molar-refractivity contribution in [2.24, 2.45) is 5.92 Å². The maximum atomic E-state index is 11.6. The van der Waals surface area contributed by atoms with Gasteiger partial charge in [0.1, 0.15) is 0 Å². The van der Waals surface area contributed by atoms with Crippen LogP contribution in [0.1, 0.15) is 22.5 Å². The largest absolute Gasteiger partial charge is 0.309 e. The molecule has 1 saturated carbocycles. The number of Topliss-reactive ketones (excluding diaryl/α,β-unsaturated/α-hetero) is 1. The lowest BCUT2D eigenvalue weighted by Crippen LogP contribution is -2.24. The molecule has 1 heterocycles.